The van der Waals surface area contributed by atoms with Crippen molar-refractivity contribution in [3.8, 4) is 0 Å². The number of nitrogens with one attached hydrogen (secondary N) is 1. The Morgan fingerprint density at radius 3 is 2.79 bits per heavy atom. The molecule has 0 spiro atoms. The Bertz CT molecular complexity index is 361. The first-order valence-corrected chi connectivity index (χ1v) is 4.41. The van der Waals surface area contributed by atoms with Gasteiger partial charge >= 0.3 is 0 Å². The molecule has 0 atom stereocenters. The highest BCUT2D eigenvalue weighted by molar-refractivity contribution is 6.43. The summed E-state index contributed by atoms with van der Waals surface area (Å²) in [6.45, 7) is 3.91. The topological polar surface area (TPSA) is 59.1 Å². The summed E-state index contributed by atoms with van der Waals surface area (Å²) in [5, 5.41) is 2.45. The molecule has 4 nitrogen and oxygen atoms in total. The normalized spacial score (nSPS) is 9.57. The Morgan fingerprint density at radius 2 is 2.21 bits per heavy atom. The second-order valence-electron chi connectivity index (χ2n) is 2.82. The van der Waals surface area contributed by atoms with Crippen molar-refractivity contribution in [1.82, 2.24) is 10.3 Å². The van der Waals surface area contributed by atoms with Gasteiger partial charge < -0.3 is 5.32 Å². The summed E-state index contributed by atoms with van der Waals surface area (Å²) in [5.41, 5.74) is 0.933. The summed E-state index contributed by atoms with van der Waals surface area (Å²) in [5.74, 6) is -1.11. The van der Waals surface area contributed by atoms with Gasteiger partial charge in [0, 0.05) is 24.0 Å². The molecule has 0 aliphatic rings. The molecule has 0 unspecified atom stereocenters. The SMILES string of the molecule is CCNC(=O)C(=O)c1cccnc1C. The second kappa shape index (κ2) is 4.50. The highest BCUT2D eigenvalue weighted by atomic mass is 16.2. The number of aromatic nitrogens is 1. The molecular formula is C10H12N2O2. The van der Waals surface area contributed by atoms with Crippen molar-refractivity contribution < 1.29 is 9.59 Å². The highest BCUT2D eigenvalue weighted by Crippen LogP contribution is 2.04. The number of aryl methyl sites for hydroxylation is 1. The number of hydrogen-bond acceptors (Lipinski definition) is 3. The minimum absolute atomic E-state index is 0.360. The zero-order valence-corrected chi connectivity index (χ0v) is 8.20. The van der Waals surface area contributed by atoms with E-state index < -0.39 is 11.7 Å². The predicted molar refractivity (Wildman–Crippen MR) is 52.0 cm³/mol. The molecule has 74 valence electrons. The molecule has 1 aromatic heterocycles. The van der Waals surface area contributed by atoms with Crippen molar-refractivity contribution in [1.29, 1.82) is 0 Å². The van der Waals surface area contributed by atoms with Gasteiger partial charge in [0.15, 0.2) is 0 Å². The van der Waals surface area contributed by atoms with Gasteiger partial charge in [-0.25, -0.2) is 0 Å². The van der Waals surface area contributed by atoms with Gasteiger partial charge in [-0.3, -0.25) is 14.6 Å². The molecule has 0 aliphatic heterocycles. The van der Waals surface area contributed by atoms with Crippen LogP contribution in [-0.4, -0.2) is 23.2 Å². The zero-order valence-electron chi connectivity index (χ0n) is 8.20. The maximum absolute atomic E-state index is 11.5. The van der Waals surface area contributed by atoms with Crippen LogP contribution in [0.1, 0.15) is 23.0 Å². The number of hydrogen-bond donors (Lipinski definition) is 1. The molecule has 1 heterocycles. The van der Waals surface area contributed by atoms with Crippen LogP contribution in [0.15, 0.2) is 18.3 Å². The molecule has 4 heteroatoms. The summed E-state index contributed by atoms with van der Waals surface area (Å²) in [4.78, 5) is 26.7. The zero-order chi connectivity index (χ0) is 10.6. The maximum Gasteiger partial charge on any atom is 0.292 e. The summed E-state index contributed by atoms with van der Waals surface area (Å²) in [6.07, 6.45) is 1.59. The van der Waals surface area contributed by atoms with Gasteiger partial charge in [0.05, 0.1) is 0 Å². The van der Waals surface area contributed by atoms with Gasteiger partial charge in [0.1, 0.15) is 0 Å². The smallest absolute Gasteiger partial charge is 0.292 e. The average molecular weight is 192 g/mol. The van der Waals surface area contributed by atoms with Gasteiger partial charge in [-0.05, 0) is 26.0 Å². The van der Waals surface area contributed by atoms with E-state index in [1.807, 2.05) is 0 Å². The predicted octanol–water partition coefficient (Wildman–Crippen LogP) is 0.709. The molecule has 1 N–H and O–H groups in total. The Hall–Kier alpha value is -1.71. The minimum Gasteiger partial charge on any atom is -0.349 e. The lowest BCUT2D eigenvalue weighted by Crippen LogP contribution is -2.31. The van der Waals surface area contributed by atoms with Crippen LogP contribution < -0.4 is 5.32 Å². The standard InChI is InChI=1S/C10H12N2O2/c1-3-11-10(14)9(13)8-5-4-6-12-7(8)2/h4-6H,3H2,1-2H3,(H,11,14). The molecule has 0 bridgehead atoms. The molecule has 0 saturated heterocycles. The summed E-state index contributed by atoms with van der Waals surface area (Å²) < 4.78 is 0. The monoisotopic (exact) mass is 192 g/mol. The molecule has 1 rings (SSSR count). The lowest BCUT2D eigenvalue weighted by Gasteiger charge is -2.02. The molecule has 0 saturated carbocycles. The third-order valence-corrected chi connectivity index (χ3v) is 1.80. The van der Waals surface area contributed by atoms with Crippen LogP contribution in [0.3, 0.4) is 0 Å². The number of pyridine rings is 1. The molecule has 0 radical (unpaired) electrons. The first-order chi connectivity index (χ1) is 6.66. The molecule has 14 heavy (non-hydrogen) atoms. The number of nitrogens with zero attached hydrogens (tertiary/aromatic N) is 1. The van der Waals surface area contributed by atoms with E-state index in [9.17, 15) is 9.59 Å². The van der Waals surface area contributed by atoms with Crippen LogP contribution in [0.2, 0.25) is 0 Å². The molecule has 1 aromatic rings. The number of Topliss-reactive ketones (excluding diaryl/α,β-unsaturated/α-hetero) is 1. The van der Waals surface area contributed by atoms with Crippen LogP contribution in [0.4, 0.5) is 0 Å². The third-order valence-electron chi connectivity index (χ3n) is 1.80. The Balaban J connectivity index is 2.90. The van der Waals surface area contributed by atoms with Crippen molar-refractivity contribution in [2.75, 3.05) is 6.54 Å². The summed E-state index contributed by atoms with van der Waals surface area (Å²) in [6, 6.07) is 3.24. The van der Waals surface area contributed by atoms with E-state index in [-0.39, 0.29) is 0 Å². The van der Waals surface area contributed by atoms with Crippen molar-refractivity contribution in [3.63, 3.8) is 0 Å². The summed E-state index contributed by atoms with van der Waals surface area (Å²) >= 11 is 0. The Morgan fingerprint density at radius 1 is 1.50 bits per heavy atom. The van der Waals surface area contributed by atoms with E-state index >= 15 is 0 Å². The first kappa shape index (κ1) is 10.4. The lowest BCUT2D eigenvalue weighted by atomic mass is 10.1. The first-order valence-electron chi connectivity index (χ1n) is 4.41. The summed E-state index contributed by atoms with van der Waals surface area (Å²) in [7, 11) is 0. The van der Waals surface area contributed by atoms with E-state index in [2.05, 4.69) is 10.3 Å². The Kier molecular flexibility index (Phi) is 3.34. The van der Waals surface area contributed by atoms with E-state index in [4.69, 9.17) is 0 Å². The van der Waals surface area contributed by atoms with E-state index in [0.29, 0.717) is 17.8 Å². The highest BCUT2D eigenvalue weighted by Gasteiger charge is 2.16. The van der Waals surface area contributed by atoms with Crippen LogP contribution in [0.25, 0.3) is 0 Å². The fourth-order valence-corrected chi connectivity index (χ4v) is 1.09. The van der Waals surface area contributed by atoms with Crippen molar-refractivity contribution in [3.05, 3.63) is 29.6 Å². The van der Waals surface area contributed by atoms with Gasteiger partial charge in [0.2, 0.25) is 0 Å². The van der Waals surface area contributed by atoms with Crippen LogP contribution >= 0.6 is 0 Å². The number of amides is 1. The number of carbonyl (C=O) groups excluding carboxylic acids is 2. The molecule has 0 aromatic carbocycles. The fourth-order valence-electron chi connectivity index (χ4n) is 1.09. The molecular weight excluding hydrogens is 180 g/mol. The van der Waals surface area contributed by atoms with Gasteiger partial charge in [0.25, 0.3) is 11.7 Å². The van der Waals surface area contributed by atoms with Gasteiger partial charge in [-0.2, -0.15) is 0 Å². The number of rotatable bonds is 3. The number of ketones is 1. The lowest BCUT2D eigenvalue weighted by molar-refractivity contribution is -0.116. The van der Waals surface area contributed by atoms with E-state index in [0.717, 1.165) is 0 Å². The Labute approximate surface area is 82.3 Å². The minimum atomic E-state index is -0.580. The van der Waals surface area contributed by atoms with Crippen molar-refractivity contribution in [2.45, 2.75) is 13.8 Å². The maximum atomic E-state index is 11.5. The van der Waals surface area contributed by atoms with E-state index in [1.54, 1.807) is 32.2 Å². The largest absolute Gasteiger partial charge is 0.349 e. The molecule has 1 amide bonds. The second-order valence-corrected chi connectivity index (χ2v) is 2.82. The third kappa shape index (κ3) is 2.16. The number of carbonyl (C=O) groups is 2. The van der Waals surface area contributed by atoms with Crippen molar-refractivity contribution in [2.24, 2.45) is 0 Å². The van der Waals surface area contributed by atoms with Crippen LogP contribution in [0, 0.1) is 6.92 Å². The van der Waals surface area contributed by atoms with Crippen molar-refractivity contribution >= 4 is 11.7 Å². The fraction of sp³-hybridized carbons (Fsp3) is 0.300. The van der Waals surface area contributed by atoms with Crippen LogP contribution in [0.5, 0.6) is 0 Å². The quantitative estimate of drug-likeness (QED) is 0.566. The number of likely N-dealkylation sites (N-methyl/N-ethyl adjacent to an activating group) is 1. The molecule has 0 fully saturated rings. The average Bonchev–Trinajstić information content (AvgIpc) is 2.18. The van der Waals surface area contributed by atoms with Crippen LogP contribution in [-0.2, 0) is 4.79 Å². The molecule has 0 aliphatic carbocycles. The van der Waals surface area contributed by atoms with Gasteiger partial charge in [-0.1, -0.05) is 0 Å². The van der Waals surface area contributed by atoms with Gasteiger partial charge in [-0.15, -0.1) is 0 Å². The van der Waals surface area contributed by atoms with E-state index in [1.165, 1.54) is 0 Å².